The highest BCUT2D eigenvalue weighted by atomic mass is 19.4. The van der Waals surface area contributed by atoms with Crippen LogP contribution in [0.5, 0.6) is 0 Å². The van der Waals surface area contributed by atoms with Crippen molar-refractivity contribution in [3.05, 3.63) is 35.5 Å². The highest BCUT2D eigenvalue weighted by Crippen LogP contribution is 2.37. The summed E-state index contributed by atoms with van der Waals surface area (Å²) < 4.78 is 38.5. The zero-order valence-electron chi connectivity index (χ0n) is 8.95. The standard InChI is InChI=1S/C11H9F3N2O2/c12-11(13,14)6-2-1-3-7-8(6)5(4-16-7)9(15)10(17)18/h1-4,9,16H,15H2,(H,17,18). The number of rotatable bonds is 2. The van der Waals surface area contributed by atoms with Gasteiger partial charge in [-0.2, -0.15) is 13.2 Å². The topological polar surface area (TPSA) is 79.1 Å². The number of fused-ring (bicyclic) bond motifs is 1. The van der Waals surface area contributed by atoms with Crippen LogP contribution in [-0.4, -0.2) is 16.1 Å². The van der Waals surface area contributed by atoms with Gasteiger partial charge in [0.1, 0.15) is 6.04 Å². The van der Waals surface area contributed by atoms with Crippen molar-refractivity contribution in [2.45, 2.75) is 12.2 Å². The van der Waals surface area contributed by atoms with E-state index in [1.165, 1.54) is 18.3 Å². The molecule has 0 radical (unpaired) electrons. The van der Waals surface area contributed by atoms with Gasteiger partial charge in [-0.05, 0) is 12.1 Å². The molecule has 4 N–H and O–H groups in total. The molecule has 0 saturated carbocycles. The number of carbonyl (C=O) groups is 1. The Morgan fingerprint density at radius 3 is 2.61 bits per heavy atom. The molecule has 0 aliphatic rings. The number of aromatic nitrogens is 1. The van der Waals surface area contributed by atoms with Crippen molar-refractivity contribution in [3.63, 3.8) is 0 Å². The van der Waals surface area contributed by atoms with E-state index < -0.39 is 23.8 Å². The zero-order chi connectivity index (χ0) is 13.5. The lowest BCUT2D eigenvalue weighted by atomic mass is 10.0. The average Bonchev–Trinajstić information content (AvgIpc) is 2.69. The van der Waals surface area contributed by atoms with Crippen LogP contribution in [0, 0.1) is 0 Å². The van der Waals surface area contributed by atoms with Crippen LogP contribution in [0.4, 0.5) is 13.2 Å². The van der Waals surface area contributed by atoms with E-state index in [0.717, 1.165) is 6.07 Å². The Bertz CT molecular complexity index is 604. The summed E-state index contributed by atoms with van der Waals surface area (Å²) in [4.78, 5) is 13.4. The summed E-state index contributed by atoms with van der Waals surface area (Å²) in [6.07, 6.45) is -3.37. The molecule has 2 rings (SSSR count). The van der Waals surface area contributed by atoms with Crippen LogP contribution < -0.4 is 5.73 Å². The Morgan fingerprint density at radius 1 is 1.39 bits per heavy atom. The summed E-state index contributed by atoms with van der Waals surface area (Å²) in [7, 11) is 0. The van der Waals surface area contributed by atoms with E-state index in [-0.39, 0.29) is 16.5 Å². The molecule has 0 aliphatic carbocycles. The van der Waals surface area contributed by atoms with E-state index in [2.05, 4.69) is 4.98 Å². The maximum atomic E-state index is 12.8. The first-order chi connectivity index (χ1) is 8.32. The molecule has 7 heteroatoms. The number of hydrogen-bond donors (Lipinski definition) is 3. The normalized spacial score (nSPS) is 13.8. The molecular formula is C11H9F3N2O2. The Kier molecular flexibility index (Phi) is 2.78. The van der Waals surface area contributed by atoms with Gasteiger partial charge in [-0.15, -0.1) is 0 Å². The monoisotopic (exact) mass is 258 g/mol. The molecule has 18 heavy (non-hydrogen) atoms. The smallest absolute Gasteiger partial charge is 0.417 e. The fraction of sp³-hybridized carbons (Fsp3) is 0.182. The zero-order valence-corrected chi connectivity index (χ0v) is 8.95. The fourth-order valence-electron chi connectivity index (χ4n) is 1.83. The number of alkyl halides is 3. The molecule has 1 aromatic carbocycles. The number of H-pyrrole nitrogens is 1. The summed E-state index contributed by atoms with van der Waals surface area (Å²) in [6.45, 7) is 0. The predicted molar refractivity (Wildman–Crippen MR) is 57.9 cm³/mol. The Morgan fingerprint density at radius 2 is 2.06 bits per heavy atom. The van der Waals surface area contributed by atoms with Gasteiger partial charge < -0.3 is 15.8 Å². The van der Waals surface area contributed by atoms with E-state index >= 15 is 0 Å². The molecule has 1 heterocycles. The summed E-state index contributed by atoms with van der Waals surface area (Å²) >= 11 is 0. The maximum Gasteiger partial charge on any atom is 0.417 e. The van der Waals surface area contributed by atoms with E-state index in [4.69, 9.17) is 10.8 Å². The second-order valence-electron chi connectivity index (χ2n) is 3.79. The molecule has 96 valence electrons. The second-order valence-corrected chi connectivity index (χ2v) is 3.79. The van der Waals surface area contributed by atoms with Crippen molar-refractivity contribution < 1.29 is 23.1 Å². The minimum atomic E-state index is -4.56. The van der Waals surface area contributed by atoms with Crippen molar-refractivity contribution in [1.29, 1.82) is 0 Å². The number of halogens is 3. The van der Waals surface area contributed by atoms with Gasteiger partial charge in [0.15, 0.2) is 0 Å². The van der Waals surface area contributed by atoms with Crippen LogP contribution in [0.1, 0.15) is 17.2 Å². The molecule has 4 nitrogen and oxygen atoms in total. The van der Waals surface area contributed by atoms with Crippen LogP contribution in [0.2, 0.25) is 0 Å². The quantitative estimate of drug-likeness (QED) is 0.773. The largest absolute Gasteiger partial charge is 0.480 e. The third kappa shape index (κ3) is 1.92. The first-order valence-electron chi connectivity index (χ1n) is 4.98. The second kappa shape index (κ2) is 4.02. The van der Waals surface area contributed by atoms with Gasteiger partial charge in [0.05, 0.1) is 5.56 Å². The van der Waals surface area contributed by atoms with Gasteiger partial charge in [0.2, 0.25) is 0 Å². The molecule has 2 aromatic rings. The number of aliphatic carboxylic acids is 1. The van der Waals surface area contributed by atoms with Gasteiger partial charge >= 0.3 is 12.1 Å². The lowest BCUT2D eigenvalue weighted by molar-refractivity contribution is -0.139. The third-order valence-electron chi connectivity index (χ3n) is 2.64. The number of hydrogen-bond acceptors (Lipinski definition) is 2. The highest BCUT2D eigenvalue weighted by molar-refractivity contribution is 5.91. The van der Waals surface area contributed by atoms with E-state index in [0.29, 0.717) is 0 Å². The molecule has 0 amide bonds. The number of benzene rings is 1. The molecule has 1 aromatic heterocycles. The molecule has 0 saturated heterocycles. The van der Waals surface area contributed by atoms with Crippen molar-refractivity contribution >= 4 is 16.9 Å². The number of carboxylic acid groups (broad SMARTS) is 1. The van der Waals surface area contributed by atoms with Gasteiger partial charge in [0, 0.05) is 22.7 Å². The van der Waals surface area contributed by atoms with E-state index in [1.54, 1.807) is 0 Å². The molecule has 0 fully saturated rings. The van der Waals surface area contributed by atoms with Crippen LogP contribution in [0.25, 0.3) is 10.9 Å². The number of carboxylic acids is 1. The van der Waals surface area contributed by atoms with Gasteiger partial charge in [-0.3, -0.25) is 4.79 Å². The Labute approximate surface area is 99.2 Å². The summed E-state index contributed by atoms with van der Waals surface area (Å²) in [5.74, 6) is -1.38. The van der Waals surface area contributed by atoms with Crippen LogP contribution in [0.3, 0.4) is 0 Å². The lowest BCUT2D eigenvalue weighted by Gasteiger charge is -2.11. The van der Waals surface area contributed by atoms with Crippen molar-refractivity contribution in [2.75, 3.05) is 0 Å². The molecule has 1 atom stereocenters. The van der Waals surface area contributed by atoms with Crippen molar-refractivity contribution in [1.82, 2.24) is 4.98 Å². The SMILES string of the molecule is NC(C(=O)O)c1c[nH]c2cccc(C(F)(F)F)c12. The summed E-state index contributed by atoms with van der Waals surface area (Å²) in [6, 6.07) is 2.08. The predicted octanol–water partition coefficient (Wildman–Crippen LogP) is 2.27. The number of nitrogens with one attached hydrogen (secondary N) is 1. The van der Waals surface area contributed by atoms with Crippen LogP contribution in [0.15, 0.2) is 24.4 Å². The molecular weight excluding hydrogens is 249 g/mol. The third-order valence-corrected chi connectivity index (χ3v) is 2.64. The Hall–Kier alpha value is -2.02. The van der Waals surface area contributed by atoms with Gasteiger partial charge in [-0.25, -0.2) is 0 Å². The minimum absolute atomic E-state index is 0.0783. The average molecular weight is 258 g/mol. The molecule has 0 spiro atoms. The van der Waals surface area contributed by atoms with Crippen molar-refractivity contribution in [2.24, 2.45) is 5.73 Å². The fourth-order valence-corrected chi connectivity index (χ4v) is 1.83. The number of aromatic amines is 1. The summed E-state index contributed by atoms with van der Waals surface area (Å²) in [5, 5.41) is 8.59. The molecule has 0 aliphatic heterocycles. The van der Waals surface area contributed by atoms with E-state index in [1.807, 2.05) is 0 Å². The van der Waals surface area contributed by atoms with Crippen LogP contribution in [-0.2, 0) is 11.0 Å². The Balaban J connectivity index is 2.74. The van der Waals surface area contributed by atoms with Gasteiger partial charge in [-0.1, -0.05) is 6.07 Å². The molecule has 0 bridgehead atoms. The first-order valence-corrected chi connectivity index (χ1v) is 4.98. The lowest BCUT2D eigenvalue weighted by Crippen LogP contribution is -2.21. The number of nitrogens with two attached hydrogens (primary N) is 1. The first kappa shape index (κ1) is 12.4. The van der Waals surface area contributed by atoms with Gasteiger partial charge in [0.25, 0.3) is 0 Å². The van der Waals surface area contributed by atoms with Crippen LogP contribution >= 0.6 is 0 Å². The highest BCUT2D eigenvalue weighted by Gasteiger charge is 2.34. The molecule has 1 unspecified atom stereocenters. The summed E-state index contributed by atoms with van der Waals surface area (Å²) in [5.41, 5.74) is 4.60. The van der Waals surface area contributed by atoms with E-state index in [9.17, 15) is 18.0 Å². The minimum Gasteiger partial charge on any atom is -0.480 e. The maximum absolute atomic E-state index is 12.8. The van der Waals surface area contributed by atoms with Crippen molar-refractivity contribution in [3.8, 4) is 0 Å².